The van der Waals surface area contributed by atoms with Crippen LogP contribution >= 0.6 is 11.8 Å². The van der Waals surface area contributed by atoms with Gasteiger partial charge in [-0.3, -0.25) is 4.99 Å². The SMILES string of the molecule is CCNC(=NCC1(CC(C)C)CCC1)NCC1(SC)CCOCC1. The van der Waals surface area contributed by atoms with E-state index in [1.54, 1.807) is 0 Å². The van der Waals surface area contributed by atoms with Crippen LogP contribution in [0, 0.1) is 11.3 Å². The van der Waals surface area contributed by atoms with Gasteiger partial charge < -0.3 is 15.4 Å². The van der Waals surface area contributed by atoms with Crippen molar-refractivity contribution in [2.45, 2.75) is 64.0 Å². The summed E-state index contributed by atoms with van der Waals surface area (Å²) in [6.07, 6.45) is 9.85. The Hall–Kier alpha value is -0.420. The van der Waals surface area contributed by atoms with Gasteiger partial charge in [0.25, 0.3) is 0 Å². The topological polar surface area (TPSA) is 45.7 Å². The highest BCUT2D eigenvalue weighted by atomic mass is 32.2. The zero-order valence-electron chi connectivity index (χ0n) is 16.1. The summed E-state index contributed by atoms with van der Waals surface area (Å²) in [7, 11) is 0. The van der Waals surface area contributed by atoms with Gasteiger partial charge in [-0.2, -0.15) is 11.8 Å². The molecule has 140 valence electrons. The molecule has 24 heavy (non-hydrogen) atoms. The average Bonchev–Trinajstić information content (AvgIpc) is 2.55. The molecule has 0 atom stereocenters. The molecule has 1 saturated carbocycles. The van der Waals surface area contributed by atoms with Crippen molar-refractivity contribution in [2.24, 2.45) is 16.3 Å². The van der Waals surface area contributed by atoms with E-state index in [9.17, 15) is 0 Å². The number of nitrogens with zero attached hydrogens (tertiary/aromatic N) is 1. The lowest BCUT2D eigenvalue weighted by atomic mass is 9.64. The summed E-state index contributed by atoms with van der Waals surface area (Å²) < 4.78 is 5.84. The zero-order chi connectivity index (χ0) is 17.5. The molecule has 0 amide bonds. The molecular formula is C19H37N3OS. The standard InChI is InChI=1S/C19H37N3OS/c1-5-20-17(21-14-18(7-6-8-18)13-16(2)3)22-15-19(24-4)9-11-23-12-10-19/h16H,5-15H2,1-4H3,(H2,20,21,22). The molecule has 2 rings (SSSR count). The largest absolute Gasteiger partial charge is 0.381 e. The molecule has 2 N–H and O–H groups in total. The van der Waals surface area contributed by atoms with Gasteiger partial charge in [-0.25, -0.2) is 0 Å². The molecule has 0 bridgehead atoms. The van der Waals surface area contributed by atoms with Gasteiger partial charge in [0.05, 0.1) is 0 Å². The Bertz CT molecular complexity index is 401. The minimum atomic E-state index is 0.292. The van der Waals surface area contributed by atoms with Gasteiger partial charge in [-0.1, -0.05) is 20.3 Å². The van der Waals surface area contributed by atoms with Crippen molar-refractivity contribution >= 4 is 17.7 Å². The fourth-order valence-corrected chi connectivity index (χ4v) is 4.79. The second-order valence-corrected chi connectivity index (χ2v) is 9.27. The molecule has 0 aromatic rings. The van der Waals surface area contributed by atoms with E-state index in [0.717, 1.165) is 57.6 Å². The molecule has 0 aromatic heterocycles. The predicted octanol–water partition coefficient (Wildman–Crippen LogP) is 3.67. The number of ether oxygens (including phenoxy) is 1. The molecule has 1 aliphatic carbocycles. The van der Waals surface area contributed by atoms with E-state index in [0.29, 0.717) is 10.2 Å². The third-order valence-corrected chi connectivity index (χ3v) is 7.01. The van der Waals surface area contributed by atoms with Crippen LogP contribution in [0.15, 0.2) is 4.99 Å². The highest BCUT2D eigenvalue weighted by Crippen LogP contribution is 2.46. The van der Waals surface area contributed by atoms with Crippen molar-refractivity contribution in [3.8, 4) is 0 Å². The van der Waals surface area contributed by atoms with E-state index in [-0.39, 0.29) is 0 Å². The molecule has 0 radical (unpaired) electrons. The van der Waals surface area contributed by atoms with Crippen molar-refractivity contribution in [1.29, 1.82) is 0 Å². The van der Waals surface area contributed by atoms with Gasteiger partial charge in [0.2, 0.25) is 0 Å². The zero-order valence-corrected chi connectivity index (χ0v) is 16.9. The quantitative estimate of drug-likeness (QED) is 0.515. The minimum Gasteiger partial charge on any atom is -0.381 e. The molecule has 1 saturated heterocycles. The third-order valence-electron chi connectivity index (χ3n) is 5.59. The van der Waals surface area contributed by atoms with Crippen LogP contribution in [0.3, 0.4) is 0 Å². The van der Waals surface area contributed by atoms with Crippen molar-refractivity contribution in [3.63, 3.8) is 0 Å². The van der Waals surface area contributed by atoms with Gasteiger partial charge in [-0.05, 0) is 56.6 Å². The lowest BCUT2D eigenvalue weighted by Gasteiger charge is -2.42. The molecule has 1 heterocycles. The van der Waals surface area contributed by atoms with Gasteiger partial charge in [0, 0.05) is 37.6 Å². The number of rotatable bonds is 8. The summed E-state index contributed by atoms with van der Waals surface area (Å²) in [5.74, 6) is 1.76. The number of nitrogens with one attached hydrogen (secondary N) is 2. The van der Waals surface area contributed by atoms with Crippen LogP contribution in [0.4, 0.5) is 0 Å². The maximum absolute atomic E-state index is 5.55. The molecule has 1 aliphatic heterocycles. The summed E-state index contributed by atoms with van der Waals surface area (Å²) in [6, 6.07) is 0. The van der Waals surface area contributed by atoms with Crippen molar-refractivity contribution in [3.05, 3.63) is 0 Å². The molecule has 0 spiro atoms. The smallest absolute Gasteiger partial charge is 0.191 e. The number of thioether (sulfide) groups is 1. The summed E-state index contributed by atoms with van der Waals surface area (Å²) in [6.45, 7) is 11.4. The summed E-state index contributed by atoms with van der Waals surface area (Å²) in [4.78, 5) is 4.96. The maximum Gasteiger partial charge on any atom is 0.191 e. The van der Waals surface area contributed by atoms with Crippen LogP contribution in [-0.2, 0) is 4.74 Å². The average molecular weight is 356 g/mol. The van der Waals surface area contributed by atoms with Gasteiger partial charge >= 0.3 is 0 Å². The fourth-order valence-electron chi connectivity index (χ4n) is 4.00. The molecule has 2 aliphatic rings. The van der Waals surface area contributed by atoms with Crippen LogP contribution in [0.5, 0.6) is 0 Å². The lowest BCUT2D eigenvalue weighted by molar-refractivity contribution is 0.0782. The highest BCUT2D eigenvalue weighted by molar-refractivity contribution is 8.00. The Kier molecular flexibility index (Phi) is 7.73. The van der Waals surface area contributed by atoms with E-state index < -0.39 is 0 Å². The first kappa shape index (κ1) is 19.9. The summed E-state index contributed by atoms with van der Waals surface area (Å²) in [5, 5.41) is 7.05. The molecule has 0 unspecified atom stereocenters. The molecule has 4 nitrogen and oxygen atoms in total. The van der Waals surface area contributed by atoms with Crippen LogP contribution in [0.1, 0.15) is 59.3 Å². The lowest BCUT2D eigenvalue weighted by Crippen LogP contribution is -2.48. The van der Waals surface area contributed by atoms with E-state index in [4.69, 9.17) is 9.73 Å². The van der Waals surface area contributed by atoms with Crippen LogP contribution in [0.2, 0.25) is 0 Å². The molecule has 2 fully saturated rings. The highest BCUT2D eigenvalue weighted by Gasteiger charge is 2.37. The van der Waals surface area contributed by atoms with Crippen LogP contribution in [0.25, 0.3) is 0 Å². The van der Waals surface area contributed by atoms with E-state index in [2.05, 4.69) is 37.7 Å². The second kappa shape index (κ2) is 9.33. The van der Waals surface area contributed by atoms with Gasteiger partial charge in [-0.15, -0.1) is 0 Å². The third kappa shape index (κ3) is 5.55. The van der Waals surface area contributed by atoms with Gasteiger partial charge in [0.15, 0.2) is 5.96 Å². The van der Waals surface area contributed by atoms with Crippen LogP contribution < -0.4 is 10.6 Å². The normalized spacial score (nSPS) is 23.0. The first-order chi connectivity index (χ1) is 11.5. The number of guanidine groups is 1. The first-order valence-electron chi connectivity index (χ1n) is 9.68. The number of hydrogen-bond donors (Lipinski definition) is 2. The molecule has 0 aromatic carbocycles. The Morgan fingerprint density at radius 3 is 2.38 bits per heavy atom. The van der Waals surface area contributed by atoms with E-state index in [1.807, 2.05) is 11.8 Å². The van der Waals surface area contributed by atoms with Crippen molar-refractivity contribution in [2.75, 3.05) is 39.1 Å². The van der Waals surface area contributed by atoms with Crippen LogP contribution in [-0.4, -0.2) is 49.8 Å². The number of hydrogen-bond acceptors (Lipinski definition) is 3. The molecule has 5 heteroatoms. The number of aliphatic imine (C=N–C) groups is 1. The Morgan fingerprint density at radius 2 is 1.88 bits per heavy atom. The Morgan fingerprint density at radius 1 is 1.17 bits per heavy atom. The molecular weight excluding hydrogens is 318 g/mol. The van der Waals surface area contributed by atoms with Crippen molar-refractivity contribution in [1.82, 2.24) is 10.6 Å². The van der Waals surface area contributed by atoms with E-state index >= 15 is 0 Å². The predicted molar refractivity (Wildman–Crippen MR) is 106 cm³/mol. The van der Waals surface area contributed by atoms with E-state index in [1.165, 1.54) is 25.7 Å². The van der Waals surface area contributed by atoms with Crippen molar-refractivity contribution < 1.29 is 4.74 Å². The summed E-state index contributed by atoms with van der Waals surface area (Å²) in [5.41, 5.74) is 0.465. The Balaban J connectivity index is 1.92. The monoisotopic (exact) mass is 355 g/mol. The summed E-state index contributed by atoms with van der Waals surface area (Å²) >= 11 is 1.98. The maximum atomic E-state index is 5.55. The fraction of sp³-hybridized carbons (Fsp3) is 0.947. The second-order valence-electron chi connectivity index (χ2n) is 8.00. The first-order valence-corrected chi connectivity index (χ1v) is 10.9. The Labute approximate surface area is 153 Å². The minimum absolute atomic E-state index is 0.292. The van der Waals surface area contributed by atoms with Gasteiger partial charge in [0.1, 0.15) is 0 Å².